The number of hydrogen-bond donors (Lipinski definition) is 1. The lowest BCUT2D eigenvalue weighted by Crippen LogP contribution is -2.29. The quantitative estimate of drug-likeness (QED) is 0.825. The van der Waals surface area contributed by atoms with Crippen molar-refractivity contribution < 1.29 is 0 Å². The second kappa shape index (κ2) is 4.18. The van der Waals surface area contributed by atoms with Crippen LogP contribution in [0.5, 0.6) is 0 Å². The van der Waals surface area contributed by atoms with Gasteiger partial charge >= 0.3 is 0 Å². The molecule has 2 nitrogen and oxygen atoms in total. The molecule has 0 amide bonds. The average molecular weight is 251 g/mol. The number of rotatable bonds is 1. The Morgan fingerprint density at radius 1 is 1.35 bits per heavy atom. The predicted octanol–water partition coefficient (Wildman–Crippen LogP) is 2.84. The van der Waals surface area contributed by atoms with E-state index in [0.717, 1.165) is 5.02 Å². The molecule has 1 spiro atoms. The van der Waals surface area contributed by atoms with E-state index in [1.165, 1.54) is 50.3 Å². The van der Waals surface area contributed by atoms with Gasteiger partial charge in [0, 0.05) is 35.8 Å². The molecule has 0 radical (unpaired) electrons. The molecule has 3 rings (SSSR count). The van der Waals surface area contributed by atoms with Gasteiger partial charge in [-0.2, -0.15) is 0 Å². The van der Waals surface area contributed by atoms with Crippen LogP contribution in [0.25, 0.3) is 0 Å². The zero-order chi connectivity index (χ0) is 11.9. The van der Waals surface area contributed by atoms with Gasteiger partial charge in [-0.25, -0.2) is 0 Å². The highest BCUT2D eigenvalue weighted by Gasteiger charge is 2.40. The first-order valence-corrected chi connectivity index (χ1v) is 6.78. The zero-order valence-electron chi connectivity index (χ0n) is 10.3. The highest BCUT2D eigenvalue weighted by molar-refractivity contribution is 6.30. The van der Waals surface area contributed by atoms with Gasteiger partial charge in [-0.1, -0.05) is 11.6 Å². The second-order valence-corrected chi connectivity index (χ2v) is 5.97. The molecule has 1 unspecified atom stereocenters. The van der Waals surface area contributed by atoms with Gasteiger partial charge < -0.3 is 10.2 Å². The molecule has 2 saturated heterocycles. The molecule has 0 aliphatic carbocycles. The number of anilines is 1. The summed E-state index contributed by atoms with van der Waals surface area (Å²) in [6.45, 7) is 6.91. The fourth-order valence-corrected chi connectivity index (χ4v) is 3.48. The van der Waals surface area contributed by atoms with Crippen LogP contribution in [0.3, 0.4) is 0 Å². The topological polar surface area (TPSA) is 15.3 Å². The average Bonchev–Trinajstić information content (AvgIpc) is 2.90. The molecule has 3 heteroatoms. The second-order valence-electron chi connectivity index (χ2n) is 5.53. The van der Waals surface area contributed by atoms with Crippen LogP contribution in [-0.2, 0) is 0 Å². The molecule has 1 aromatic carbocycles. The third-order valence-electron chi connectivity index (χ3n) is 4.27. The van der Waals surface area contributed by atoms with Crippen molar-refractivity contribution in [2.45, 2.75) is 19.8 Å². The van der Waals surface area contributed by atoms with Crippen LogP contribution in [0.4, 0.5) is 5.69 Å². The van der Waals surface area contributed by atoms with E-state index >= 15 is 0 Å². The molecule has 2 aliphatic heterocycles. The Morgan fingerprint density at radius 2 is 2.24 bits per heavy atom. The summed E-state index contributed by atoms with van der Waals surface area (Å²) in [5, 5.41) is 4.34. The Morgan fingerprint density at radius 3 is 2.94 bits per heavy atom. The van der Waals surface area contributed by atoms with E-state index in [-0.39, 0.29) is 0 Å². The molecule has 2 heterocycles. The van der Waals surface area contributed by atoms with E-state index in [1.807, 2.05) is 6.07 Å². The molecule has 1 aromatic rings. The molecule has 92 valence electrons. The van der Waals surface area contributed by atoms with Gasteiger partial charge in [-0.05, 0) is 50.1 Å². The van der Waals surface area contributed by atoms with Gasteiger partial charge in [0.25, 0.3) is 0 Å². The van der Waals surface area contributed by atoms with Gasteiger partial charge in [0.2, 0.25) is 0 Å². The standard InChI is InChI=1S/C14H19ClN2/c1-11-8-12(15)2-3-13(11)17-7-5-14(10-17)4-6-16-9-14/h2-3,8,16H,4-7,9-10H2,1H3. The third kappa shape index (κ3) is 2.04. The van der Waals surface area contributed by atoms with Gasteiger partial charge in [0.1, 0.15) is 0 Å². The van der Waals surface area contributed by atoms with E-state index < -0.39 is 0 Å². The number of aryl methyl sites for hydroxylation is 1. The van der Waals surface area contributed by atoms with Crippen molar-refractivity contribution in [2.24, 2.45) is 5.41 Å². The molecular formula is C14H19ClN2. The fourth-order valence-electron chi connectivity index (χ4n) is 3.26. The van der Waals surface area contributed by atoms with Crippen molar-refractivity contribution in [2.75, 3.05) is 31.1 Å². The SMILES string of the molecule is Cc1cc(Cl)ccc1N1CCC2(CCNC2)C1. The van der Waals surface area contributed by atoms with Crippen LogP contribution in [0.1, 0.15) is 18.4 Å². The number of hydrogen-bond acceptors (Lipinski definition) is 2. The van der Waals surface area contributed by atoms with Gasteiger partial charge in [0.05, 0.1) is 0 Å². The van der Waals surface area contributed by atoms with Crippen molar-refractivity contribution >= 4 is 17.3 Å². The van der Waals surface area contributed by atoms with E-state index in [9.17, 15) is 0 Å². The lowest BCUT2D eigenvalue weighted by atomic mass is 9.86. The first-order chi connectivity index (χ1) is 8.19. The van der Waals surface area contributed by atoms with Crippen LogP contribution in [0, 0.1) is 12.3 Å². The van der Waals surface area contributed by atoms with Crippen molar-refractivity contribution in [3.05, 3.63) is 28.8 Å². The number of nitrogens with zero attached hydrogens (tertiary/aromatic N) is 1. The maximum atomic E-state index is 6.02. The Labute approximate surface area is 108 Å². The Hall–Kier alpha value is -0.730. The van der Waals surface area contributed by atoms with E-state index in [1.54, 1.807) is 0 Å². The number of halogens is 1. The first-order valence-electron chi connectivity index (χ1n) is 6.40. The van der Waals surface area contributed by atoms with Crippen LogP contribution >= 0.6 is 11.6 Å². The maximum Gasteiger partial charge on any atom is 0.0410 e. The lowest BCUT2D eigenvalue weighted by Gasteiger charge is -2.25. The van der Waals surface area contributed by atoms with Crippen LogP contribution in [-0.4, -0.2) is 26.2 Å². The number of nitrogens with one attached hydrogen (secondary N) is 1. The zero-order valence-corrected chi connectivity index (χ0v) is 11.1. The fraction of sp³-hybridized carbons (Fsp3) is 0.571. The predicted molar refractivity (Wildman–Crippen MR) is 72.9 cm³/mol. The lowest BCUT2D eigenvalue weighted by molar-refractivity contribution is 0.369. The molecule has 0 aromatic heterocycles. The monoisotopic (exact) mass is 250 g/mol. The molecule has 2 fully saturated rings. The minimum absolute atomic E-state index is 0.534. The van der Waals surface area contributed by atoms with Crippen molar-refractivity contribution in [3.63, 3.8) is 0 Å². The highest BCUT2D eigenvalue weighted by Crippen LogP contribution is 2.39. The van der Waals surface area contributed by atoms with E-state index in [0.29, 0.717) is 5.41 Å². The summed E-state index contributed by atoms with van der Waals surface area (Å²) in [5.41, 5.74) is 3.19. The summed E-state index contributed by atoms with van der Waals surface area (Å²) in [4.78, 5) is 2.53. The Balaban J connectivity index is 1.82. The summed E-state index contributed by atoms with van der Waals surface area (Å²) in [7, 11) is 0. The highest BCUT2D eigenvalue weighted by atomic mass is 35.5. The van der Waals surface area contributed by atoms with Gasteiger partial charge in [-0.15, -0.1) is 0 Å². The molecule has 0 bridgehead atoms. The largest absolute Gasteiger partial charge is 0.371 e. The summed E-state index contributed by atoms with van der Waals surface area (Å²) < 4.78 is 0. The molecule has 0 saturated carbocycles. The number of benzene rings is 1. The normalized spacial score (nSPS) is 28.2. The van der Waals surface area contributed by atoms with Crippen LogP contribution < -0.4 is 10.2 Å². The Kier molecular flexibility index (Phi) is 2.80. The van der Waals surface area contributed by atoms with Gasteiger partial charge in [0.15, 0.2) is 0 Å². The van der Waals surface area contributed by atoms with Crippen LogP contribution in [0.15, 0.2) is 18.2 Å². The van der Waals surface area contributed by atoms with Crippen molar-refractivity contribution in [1.82, 2.24) is 5.32 Å². The van der Waals surface area contributed by atoms with Crippen molar-refractivity contribution in [3.8, 4) is 0 Å². The molecular weight excluding hydrogens is 232 g/mol. The van der Waals surface area contributed by atoms with Crippen LogP contribution in [0.2, 0.25) is 5.02 Å². The summed E-state index contributed by atoms with van der Waals surface area (Å²) >= 11 is 6.02. The van der Waals surface area contributed by atoms with E-state index in [4.69, 9.17) is 11.6 Å². The molecule has 1 atom stereocenters. The smallest absolute Gasteiger partial charge is 0.0410 e. The minimum Gasteiger partial charge on any atom is -0.371 e. The Bertz CT molecular complexity index is 424. The first kappa shape index (κ1) is 11.4. The third-order valence-corrected chi connectivity index (χ3v) is 4.51. The maximum absolute atomic E-state index is 6.02. The molecule has 1 N–H and O–H groups in total. The summed E-state index contributed by atoms with van der Waals surface area (Å²) in [6, 6.07) is 6.23. The molecule has 17 heavy (non-hydrogen) atoms. The van der Waals surface area contributed by atoms with Gasteiger partial charge in [-0.3, -0.25) is 0 Å². The molecule has 2 aliphatic rings. The summed E-state index contributed by atoms with van der Waals surface area (Å²) in [6.07, 6.45) is 2.65. The summed E-state index contributed by atoms with van der Waals surface area (Å²) in [5.74, 6) is 0. The van der Waals surface area contributed by atoms with Crippen molar-refractivity contribution in [1.29, 1.82) is 0 Å². The minimum atomic E-state index is 0.534. The van der Waals surface area contributed by atoms with E-state index in [2.05, 4.69) is 29.3 Å².